The van der Waals surface area contributed by atoms with Gasteiger partial charge in [0.2, 0.25) is 11.0 Å². The Bertz CT molecular complexity index is 568. The number of methoxy groups -OCH3 is 1. The molecule has 0 bridgehead atoms. The molecule has 3 rings (SSSR count). The summed E-state index contributed by atoms with van der Waals surface area (Å²) >= 11 is 1.32. The number of nitrogens with two attached hydrogens (primary N) is 1. The highest BCUT2D eigenvalue weighted by atomic mass is 32.2. The number of aromatic nitrogens is 6. The molecule has 2 heterocycles. The van der Waals surface area contributed by atoms with Gasteiger partial charge in [-0.15, -0.1) is 5.10 Å². The number of rotatable bonds is 4. The van der Waals surface area contributed by atoms with E-state index in [9.17, 15) is 0 Å². The van der Waals surface area contributed by atoms with Gasteiger partial charge >= 0.3 is 0 Å². The van der Waals surface area contributed by atoms with Gasteiger partial charge in [-0.1, -0.05) is 0 Å². The Labute approximate surface area is 107 Å². The maximum Gasteiger partial charge on any atom is 0.241 e. The summed E-state index contributed by atoms with van der Waals surface area (Å²) in [6.45, 7) is 0. The third kappa shape index (κ3) is 1.96. The van der Waals surface area contributed by atoms with Crippen molar-refractivity contribution in [2.75, 3.05) is 12.8 Å². The second kappa shape index (κ2) is 4.41. The summed E-state index contributed by atoms with van der Waals surface area (Å²) in [6, 6.07) is 0.410. The standard InChI is InChI=1S/C9H11N7OS/c1-17-7-6(10)8(12-4-11-7)18-9-13-14-15-16(9)5-2-3-5/h4-5H,2-3,10H2,1H3. The molecule has 0 radical (unpaired) electrons. The van der Waals surface area contributed by atoms with Crippen molar-refractivity contribution in [2.45, 2.75) is 29.1 Å². The number of anilines is 1. The van der Waals surface area contributed by atoms with E-state index in [2.05, 4.69) is 25.5 Å². The largest absolute Gasteiger partial charge is 0.479 e. The molecule has 2 aromatic rings. The van der Waals surface area contributed by atoms with Gasteiger partial charge in [0.1, 0.15) is 17.0 Å². The number of nitrogen functional groups attached to an aromatic ring is 1. The normalized spacial score (nSPS) is 14.7. The molecule has 0 amide bonds. The first-order valence-corrected chi connectivity index (χ1v) is 6.21. The lowest BCUT2D eigenvalue weighted by Crippen LogP contribution is -2.02. The van der Waals surface area contributed by atoms with Crippen molar-refractivity contribution in [3.8, 4) is 5.88 Å². The Kier molecular flexibility index (Phi) is 2.74. The highest BCUT2D eigenvalue weighted by Crippen LogP contribution is 2.39. The summed E-state index contributed by atoms with van der Waals surface area (Å²) in [5, 5.41) is 12.9. The summed E-state index contributed by atoms with van der Waals surface area (Å²) in [6.07, 6.45) is 3.63. The Morgan fingerprint density at radius 1 is 1.44 bits per heavy atom. The third-order valence-electron chi connectivity index (χ3n) is 2.55. The highest BCUT2D eigenvalue weighted by molar-refractivity contribution is 7.99. The lowest BCUT2D eigenvalue weighted by molar-refractivity contribution is 0.397. The van der Waals surface area contributed by atoms with Gasteiger partial charge in [0.25, 0.3) is 0 Å². The fourth-order valence-electron chi connectivity index (χ4n) is 1.50. The average Bonchev–Trinajstić information content (AvgIpc) is 3.13. The molecular weight excluding hydrogens is 254 g/mol. The Morgan fingerprint density at radius 3 is 3.00 bits per heavy atom. The van der Waals surface area contributed by atoms with Gasteiger partial charge in [0.05, 0.1) is 13.2 Å². The molecule has 8 nitrogen and oxygen atoms in total. The molecule has 2 aromatic heterocycles. The zero-order valence-electron chi connectivity index (χ0n) is 9.65. The fourth-order valence-corrected chi connectivity index (χ4v) is 2.32. The summed E-state index contributed by atoms with van der Waals surface area (Å²) in [7, 11) is 1.52. The molecule has 94 valence electrons. The number of nitrogens with zero attached hydrogens (tertiary/aromatic N) is 6. The first kappa shape index (κ1) is 11.2. The molecule has 0 atom stereocenters. The van der Waals surface area contributed by atoms with Crippen LogP contribution >= 0.6 is 11.8 Å². The van der Waals surface area contributed by atoms with E-state index in [1.165, 1.54) is 25.2 Å². The Balaban J connectivity index is 1.89. The van der Waals surface area contributed by atoms with E-state index in [-0.39, 0.29) is 0 Å². The predicted octanol–water partition coefficient (Wildman–Crippen LogP) is 0.540. The topological polar surface area (TPSA) is 105 Å². The van der Waals surface area contributed by atoms with E-state index in [1.807, 2.05) is 0 Å². The first-order valence-electron chi connectivity index (χ1n) is 5.39. The van der Waals surface area contributed by atoms with Gasteiger partial charge in [0, 0.05) is 0 Å². The zero-order chi connectivity index (χ0) is 12.5. The first-order chi connectivity index (χ1) is 8.79. The number of tetrazole rings is 1. The molecule has 0 aliphatic heterocycles. The molecule has 18 heavy (non-hydrogen) atoms. The Morgan fingerprint density at radius 2 is 2.28 bits per heavy atom. The van der Waals surface area contributed by atoms with Crippen molar-refractivity contribution in [1.82, 2.24) is 30.2 Å². The molecule has 2 N–H and O–H groups in total. The highest BCUT2D eigenvalue weighted by Gasteiger charge is 2.28. The van der Waals surface area contributed by atoms with Gasteiger partial charge < -0.3 is 10.5 Å². The molecular formula is C9H11N7OS. The van der Waals surface area contributed by atoms with E-state index >= 15 is 0 Å². The molecule has 1 fully saturated rings. The van der Waals surface area contributed by atoms with Crippen LogP contribution in [0.5, 0.6) is 5.88 Å². The molecule has 1 aliphatic carbocycles. The van der Waals surface area contributed by atoms with Crippen LogP contribution in [0, 0.1) is 0 Å². The lowest BCUT2D eigenvalue weighted by atomic mass is 10.5. The van der Waals surface area contributed by atoms with E-state index in [0.29, 0.717) is 27.8 Å². The van der Waals surface area contributed by atoms with Crippen LogP contribution in [-0.2, 0) is 0 Å². The summed E-state index contributed by atoms with van der Waals surface area (Å²) in [5.41, 5.74) is 6.30. The smallest absolute Gasteiger partial charge is 0.241 e. The van der Waals surface area contributed by atoms with E-state index in [1.54, 1.807) is 4.68 Å². The second-order valence-corrected chi connectivity index (χ2v) is 4.80. The second-order valence-electron chi connectivity index (χ2n) is 3.84. The van der Waals surface area contributed by atoms with Crippen LogP contribution in [0.25, 0.3) is 0 Å². The van der Waals surface area contributed by atoms with Crippen molar-refractivity contribution in [1.29, 1.82) is 0 Å². The minimum absolute atomic E-state index is 0.359. The molecule has 0 saturated heterocycles. The fraction of sp³-hybridized carbons (Fsp3) is 0.444. The van der Waals surface area contributed by atoms with Crippen molar-refractivity contribution >= 4 is 17.4 Å². The van der Waals surface area contributed by atoms with Crippen molar-refractivity contribution in [3.63, 3.8) is 0 Å². The minimum Gasteiger partial charge on any atom is -0.479 e. The molecule has 9 heteroatoms. The lowest BCUT2D eigenvalue weighted by Gasteiger charge is -2.06. The van der Waals surface area contributed by atoms with Crippen LogP contribution in [0.3, 0.4) is 0 Å². The third-order valence-corrected chi connectivity index (χ3v) is 3.52. The predicted molar refractivity (Wildman–Crippen MR) is 63.2 cm³/mol. The molecule has 0 spiro atoms. The van der Waals surface area contributed by atoms with Crippen LogP contribution < -0.4 is 10.5 Å². The van der Waals surface area contributed by atoms with Gasteiger partial charge in [-0.25, -0.2) is 9.67 Å². The SMILES string of the molecule is COc1ncnc(Sc2nnnn2C2CC2)c1N. The van der Waals surface area contributed by atoms with Crippen LogP contribution in [0.1, 0.15) is 18.9 Å². The van der Waals surface area contributed by atoms with Gasteiger partial charge in [-0.3, -0.25) is 0 Å². The summed E-state index contributed by atoms with van der Waals surface area (Å²) in [5.74, 6) is 0.359. The maximum atomic E-state index is 5.90. The van der Waals surface area contributed by atoms with Crippen molar-refractivity contribution in [2.24, 2.45) is 0 Å². The van der Waals surface area contributed by atoms with Crippen LogP contribution in [0.15, 0.2) is 16.5 Å². The number of hydrogen-bond donors (Lipinski definition) is 1. The van der Waals surface area contributed by atoms with Crippen molar-refractivity contribution in [3.05, 3.63) is 6.33 Å². The van der Waals surface area contributed by atoms with Crippen LogP contribution in [0.4, 0.5) is 5.69 Å². The minimum atomic E-state index is 0.359. The molecule has 1 saturated carbocycles. The van der Waals surface area contributed by atoms with Crippen LogP contribution in [-0.4, -0.2) is 37.3 Å². The van der Waals surface area contributed by atoms with E-state index < -0.39 is 0 Å². The molecule has 0 unspecified atom stereocenters. The average molecular weight is 265 g/mol. The van der Waals surface area contributed by atoms with Gasteiger partial charge in [-0.05, 0) is 35.0 Å². The van der Waals surface area contributed by atoms with Gasteiger partial charge in [0.15, 0.2) is 0 Å². The monoisotopic (exact) mass is 265 g/mol. The quantitative estimate of drug-likeness (QED) is 0.798. The molecule has 0 aromatic carbocycles. The maximum absolute atomic E-state index is 5.90. The van der Waals surface area contributed by atoms with Crippen LogP contribution in [0.2, 0.25) is 0 Å². The Hall–Kier alpha value is -1.90. The summed E-state index contributed by atoms with van der Waals surface area (Å²) < 4.78 is 6.85. The molecule has 1 aliphatic rings. The number of hydrogen-bond acceptors (Lipinski definition) is 8. The van der Waals surface area contributed by atoms with Crippen molar-refractivity contribution < 1.29 is 4.74 Å². The number of ether oxygens (including phenoxy) is 1. The van der Waals surface area contributed by atoms with E-state index in [4.69, 9.17) is 10.5 Å². The van der Waals surface area contributed by atoms with E-state index in [0.717, 1.165) is 12.8 Å². The zero-order valence-corrected chi connectivity index (χ0v) is 10.5. The summed E-state index contributed by atoms with van der Waals surface area (Å²) in [4.78, 5) is 8.05. The van der Waals surface area contributed by atoms with Gasteiger partial charge in [-0.2, -0.15) is 4.98 Å².